The lowest BCUT2D eigenvalue weighted by atomic mass is 10.1. The average molecular weight is 374 g/mol. The van der Waals surface area contributed by atoms with Crippen LogP contribution in [0, 0.1) is 6.92 Å². The number of carbonyl (C=O) groups excluding carboxylic acids is 2. The summed E-state index contributed by atoms with van der Waals surface area (Å²) in [5.41, 5.74) is 3.62. The van der Waals surface area contributed by atoms with Gasteiger partial charge in [0.25, 0.3) is 5.91 Å². The van der Waals surface area contributed by atoms with Crippen LogP contribution in [0.4, 0.5) is 0 Å². The Bertz CT molecular complexity index is 731. The molecule has 2 amide bonds. The first kappa shape index (κ1) is 19.6. The van der Waals surface area contributed by atoms with Gasteiger partial charge in [0, 0.05) is 37.3 Å². The van der Waals surface area contributed by atoms with Crippen LogP contribution in [-0.2, 0) is 4.79 Å². The third-order valence-electron chi connectivity index (χ3n) is 5.29. The van der Waals surface area contributed by atoms with Crippen molar-refractivity contribution in [2.24, 2.45) is 0 Å². The number of aryl methyl sites for hydroxylation is 1. The molecule has 1 saturated carbocycles. The Morgan fingerprint density at radius 1 is 1.33 bits per heavy atom. The van der Waals surface area contributed by atoms with Crippen molar-refractivity contribution >= 4 is 11.8 Å². The van der Waals surface area contributed by atoms with Gasteiger partial charge in [-0.05, 0) is 47.0 Å². The van der Waals surface area contributed by atoms with Gasteiger partial charge < -0.3 is 10.6 Å². The van der Waals surface area contributed by atoms with E-state index in [9.17, 15) is 9.59 Å². The molecule has 27 heavy (non-hydrogen) atoms. The lowest BCUT2D eigenvalue weighted by Crippen LogP contribution is -2.43. The molecule has 0 radical (unpaired) electrons. The second-order valence-corrected chi connectivity index (χ2v) is 7.93. The van der Waals surface area contributed by atoms with Gasteiger partial charge in [-0.1, -0.05) is 11.6 Å². The molecule has 2 fully saturated rings. The van der Waals surface area contributed by atoms with Crippen LogP contribution in [0.15, 0.2) is 11.6 Å². The maximum atomic E-state index is 12.9. The lowest BCUT2D eigenvalue weighted by Gasteiger charge is -2.21. The highest BCUT2D eigenvalue weighted by Crippen LogP contribution is 2.41. The summed E-state index contributed by atoms with van der Waals surface area (Å²) in [6.45, 7) is 9.92. The van der Waals surface area contributed by atoms with Crippen molar-refractivity contribution in [3.8, 4) is 0 Å². The number of H-pyrrole nitrogens is 1. The molecule has 1 aromatic rings. The van der Waals surface area contributed by atoms with Crippen LogP contribution in [0.2, 0.25) is 0 Å². The number of likely N-dealkylation sites (tertiary alicyclic amines) is 1. The number of allylic oxidation sites excluding steroid dienone is 1. The summed E-state index contributed by atoms with van der Waals surface area (Å²) in [7, 11) is 0. The second kappa shape index (κ2) is 8.25. The van der Waals surface area contributed by atoms with Gasteiger partial charge >= 0.3 is 0 Å². The highest BCUT2D eigenvalue weighted by atomic mass is 16.2. The summed E-state index contributed by atoms with van der Waals surface area (Å²) in [5.74, 6) is 0.373. The molecule has 7 nitrogen and oxygen atoms in total. The molecule has 7 heteroatoms. The molecule has 3 rings (SSSR count). The second-order valence-electron chi connectivity index (χ2n) is 7.93. The number of likely N-dealkylation sites (N-methyl/N-ethyl adjacent to an activating group) is 1. The summed E-state index contributed by atoms with van der Waals surface area (Å²) in [6, 6.07) is -0.253. The van der Waals surface area contributed by atoms with Crippen molar-refractivity contribution in [3.63, 3.8) is 0 Å². The molecule has 2 atom stereocenters. The number of carbonyl (C=O) groups is 2. The van der Waals surface area contributed by atoms with Crippen molar-refractivity contribution < 1.29 is 9.59 Å². The van der Waals surface area contributed by atoms with Crippen LogP contribution in [0.1, 0.15) is 67.7 Å². The van der Waals surface area contributed by atoms with Gasteiger partial charge in [-0.2, -0.15) is 5.10 Å². The molecule has 0 spiro atoms. The first-order valence-corrected chi connectivity index (χ1v) is 9.91. The molecule has 3 N–H and O–H groups in total. The van der Waals surface area contributed by atoms with E-state index in [2.05, 4.69) is 45.7 Å². The standard InChI is InChI=1S/C20H31N5O2/c1-5-21-19(26)16-10-15(11-25(16)9-8-12(2)3)22-20(27)17-13(4)23-24-18(17)14-6-7-14/h8,14-16H,5-7,9-11H2,1-4H3,(H,21,26)(H,22,27)(H,23,24)/t15-,16-/m0/s1. The Hall–Kier alpha value is -2.15. The third-order valence-corrected chi connectivity index (χ3v) is 5.29. The minimum atomic E-state index is -0.209. The van der Waals surface area contributed by atoms with Crippen LogP contribution in [0.25, 0.3) is 0 Å². The van der Waals surface area contributed by atoms with E-state index in [1.807, 2.05) is 13.8 Å². The predicted molar refractivity (Wildman–Crippen MR) is 105 cm³/mol. The Kier molecular flexibility index (Phi) is 5.99. The summed E-state index contributed by atoms with van der Waals surface area (Å²) >= 11 is 0. The fourth-order valence-corrected chi connectivity index (χ4v) is 3.72. The van der Waals surface area contributed by atoms with Crippen molar-refractivity contribution in [2.75, 3.05) is 19.6 Å². The molecular formula is C20H31N5O2. The zero-order valence-electron chi connectivity index (χ0n) is 16.8. The van der Waals surface area contributed by atoms with E-state index in [0.717, 1.165) is 24.2 Å². The molecule has 1 aliphatic heterocycles. The van der Waals surface area contributed by atoms with Crippen molar-refractivity contribution in [3.05, 3.63) is 28.6 Å². The van der Waals surface area contributed by atoms with Gasteiger partial charge in [-0.15, -0.1) is 0 Å². The fraction of sp³-hybridized carbons (Fsp3) is 0.650. The molecule has 2 heterocycles. The topological polar surface area (TPSA) is 90.1 Å². The molecule has 0 aromatic carbocycles. The Balaban J connectivity index is 1.69. The number of hydrogen-bond donors (Lipinski definition) is 3. The highest BCUT2D eigenvalue weighted by molar-refractivity contribution is 5.97. The van der Waals surface area contributed by atoms with Crippen LogP contribution < -0.4 is 10.6 Å². The lowest BCUT2D eigenvalue weighted by molar-refractivity contribution is -0.125. The molecule has 148 valence electrons. The van der Waals surface area contributed by atoms with Crippen molar-refractivity contribution in [1.82, 2.24) is 25.7 Å². The number of nitrogens with zero attached hydrogens (tertiary/aromatic N) is 2. The summed E-state index contributed by atoms with van der Waals surface area (Å²) in [6.07, 6.45) is 4.96. The normalized spacial score (nSPS) is 22.5. The number of hydrogen-bond acceptors (Lipinski definition) is 4. The molecule has 0 bridgehead atoms. The predicted octanol–water partition coefficient (Wildman–Crippen LogP) is 1.87. The van der Waals surface area contributed by atoms with Gasteiger partial charge in [0.2, 0.25) is 5.91 Å². The van der Waals surface area contributed by atoms with E-state index >= 15 is 0 Å². The van der Waals surface area contributed by atoms with E-state index in [1.54, 1.807) is 0 Å². The van der Waals surface area contributed by atoms with E-state index in [1.165, 1.54) is 5.57 Å². The smallest absolute Gasteiger partial charge is 0.255 e. The van der Waals surface area contributed by atoms with Gasteiger partial charge in [0.1, 0.15) is 0 Å². The van der Waals surface area contributed by atoms with Gasteiger partial charge in [-0.3, -0.25) is 19.6 Å². The van der Waals surface area contributed by atoms with E-state index in [4.69, 9.17) is 0 Å². The van der Waals surface area contributed by atoms with Crippen LogP contribution in [-0.4, -0.2) is 58.6 Å². The monoisotopic (exact) mass is 373 g/mol. The minimum absolute atomic E-state index is 0.0366. The van der Waals surface area contributed by atoms with Gasteiger partial charge in [0.05, 0.1) is 17.3 Å². The largest absolute Gasteiger partial charge is 0.355 e. The quantitative estimate of drug-likeness (QED) is 0.637. The Morgan fingerprint density at radius 3 is 2.70 bits per heavy atom. The van der Waals surface area contributed by atoms with E-state index in [-0.39, 0.29) is 23.9 Å². The number of rotatable bonds is 7. The molecule has 0 unspecified atom stereocenters. The van der Waals surface area contributed by atoms with Crippen molar-refractivity contribution in [1.29, 1.82) is 0 Å². The first-order chi connectivity index (χ1) is 12.9. The molecule has 2 aliphatic rings. The number of nitrogens with one attached hydrogen (secondary N) is 3. The zero-order valence-corrected chi connectivity index (χ0v) is 16.8. The SMILES string of the molecule is CCNC(=O)[C@@H]1C[C@H](NC(=O)c2c(C3CC3)n[nH]c2C)CN1CC=C(C)C. The maximum Gasteiger partial charge on any atom is 0.255 e. The molecular weight excluding hydrogens is 342 g/mol. The molecule has 1 saturated heterocycles. The molecule has 1 aromatic heterocycles. The third kappa shape index (κ3) is 4.58. The summed E-state index contributed by atoms with van der Waals surface area (Å²) in [4.78, 5) is 27.5. The van der Waals surface area contributed by atoms with Crippen LogP contribution in [0.3, 0.4) is 0 Å². The van der Waals surface area contributed by atoms with Crippen LogP contribution >= 0.6 is 0 Å². The fourth-order valence-electron chi connectivity index (χ4n) is 3.72. The van der Waals surface area contributed by atoms with Gasteiger partial charge in [-0.25, -0.2) is 0 Å². The average Bonchev–Trinajstić information content (AvgIpc) is 3.26. The summed E-state index contributed by atoms with van der Waals surface area (Å²) in [5, 5.41) is 13.4. The first-order valence-electron chi connectivity index (χ1n) is 9.91. The number of aromatic amines is 1. The Labute approximate surface area is 161 Å². The Morgan fingerprint density at radius 2 is 2.07 bits per heavy atom. The highest BCUT2D eigenvalue weighted by Gasteiger charge is 2.38. The number of amides is 2. The van der Waals surface area contributed by atoms with Crippen molar-refractivity contribution in [2.45, 2.75) is 65.0 Å². The number of aromatic nitrogens is 2. The molecule has 1 aliphatic carbocycles. The maximum absolute atomic E-state index is 12.9. The van der Waals surface area contributed by atoms with Gasteiger partial charge in [0.15, 0.2) is 0 Å². The minimum Gasteiger partial charge on any atom is -0.355 e. The van der Waals surface area contributed by atoms with Crippen LogP contribution in [0.5, 0.6) is 0 Å². The zero-order chi connectivity index (χ0) is 19.6. The summed E-state index contributed by atoms with van der Waals surface area (Å²) < 4.78 is 0. The van der Waals surface area contributed by atoms with E-state index < -0.39 is 0 Å². The van der Waals surface area contributed by atoms with E-state index in [0.29, 0.717) is 37.5 Å².